The summed E-state index contributed by atoms with van der Waals surface area (Å²) in [6.07, 6.45) is 47.1. The quantitative estimate of drug-likeness (QED) is 0.0197. The molecule has 0 radical (unpaired) electrons. The summed E-state index contributed by atoms with van der Waals surface area (Å²) in [5.41, 5.74) is 0. The third kappa shape index (κ3) is 47.0. The zero-order valence-electron chi connectivity index (χ0n) is 42.7. The number of phosphoric acid groups is 1. The van der Waals surface area contributed by atoms with Crippen LogP contribution in [0.4, 0.5) is 0 Å². The van der Waals surface area contributed by atoms with Crippen molar-refractivity contribution in [3.05, 3.63) is 24.3 Å². The van der Waals surface area contributed by atoms with Crippen LogP contribution < -0.4 is 0 Å². The molecule has 0 rings (SSSR count). The first kappa shape index (κ1) is 64.0. The Labute approximate surface area is 404 Å². The average Bonchev–Trinajstić information content (AvgIpc) is 3.30. The lowest BCUT2D eigenvalue weighted by Crippen LogP contribution is -2.30. The van der Waals surface area contributed by atoms with Crippen molar-refractivity contribution >= 4 is 25.7 Å². The maximum Gasteiger partial charge on any atom is 0.472 e. The number of aliphatic hydroxyl groups excluding tert-OH is 1. The normalized spacial score (nSPS) is 13.6. The monoisotopic (exact) mass is 957 g/mol. The zero-order chi connectivity index (χ0) is 48.4. The van der Waals surface area contributed by atoms with Crippen LogP contribution in [0.5, 0.6) is 0 Å². The molecule has 2 N–H and O–H groups in total. The van der Waals surface area contributed by atoms with Crippen LogP contribution in [0.1, 0.15) is 265 Å². The van der Waals surface area contributed by atoms with Gasteiger partial charge in [-0.1, -0.05) is 218 Å². The van der Waals surface area contributed by atoms with Crippen molar-refractivity contribution in [1.82, 2.24) is 0 Å². The van der Waals surface area contributed by atoms with Gasteiger partial charge in [0.2, 0.25) is 0 Å². The third-order valence-corrected chi connectivity index (χ3v) is 12.8. The van der Waals surface area contributed by atoms with E-state index in [9.17, 15) is 28.9 Å². The number of hydrogen-bond donors (Lipinski definition) is 2. The van der Waals surface area contributed by atoms with Crippen LogP contribution in [0.25, 0.3) is 0 Å². The van der Waals surface area contributed by atoms with E-state index in [2.05, 4.69) is 45.1 Å². The summed E-state index contributed by atoms with van der Waals surface area (Å²) in [6.45, 7) is 4.62. The maximum atomic E-state index is 12.9. The molecule has 0 bridgehead atoms. The van der Waals surface area contributed by atoms with E-state index in [1.165, 1.54) is 128 Å². The number of allylic oxidation sites excluding steroid dienone is 4. The van der Waals surface area contributed by atoms with Crippen molar-refractivity contribution in [2.24, 2.45) is 0 Å². The molecule has 11 nitrogen and oxygen atoms in total. The number of carbonyl (C=O) groups is 3. The van der Waals surface area contributed by atoms with Gasteiger partial charge in [0, 0.05) is 19.3 Å². The maximum absolute atomic E-state index is 12.9. The van der Waals surface area contributed by atoms with Crippen LogP contribution in [0, 0.1) is 0 Å². The molecule has 0 aromatic heterocycles. The standard InChI is InChI=1S/C54H101O11P/c1-4-7-10-13-16-19-22-23-24-25-26-27-30-33-36-39-42-45-54(58)65-51(47-61-52(56)43-40-37-34-31-28-20-17-14-11-8-5-2)49-63-66(59,60)62-48-50(46-55)64-53(57)44-41-38-35-32-29-21-18-15-12-9-6-3/h16,19,23-24,50-51,55H,4-15,17-18,20-22,25-49H2,1-3H3,(H,59,60)/b19-16-,24-23-. The lowest BCUT2D eigenvalue weighted by Gasteiger charge is -2.21. The Morgan fingerprint density at radius 3 is 1.15 bits per heavy atom. The van der Waals surface area contributed by atoms with Crippen LogP contribution in [0.3, 0.4) is 0 Å². The van der Waals surface area contributed by atoms with E-state index in [1.54, 1.807) is 0 Å². The zero-order valence-corrected chi connectivity index (χ0v) is 43.6. The molecule has 0 saturated heterocycles. The molecule has 66 heavy (non-hydrogen) atoms. The molecule has 12 heteroatoms. The summed E-state index contributed by atoms with van der Waals surface area (Å²) in [7, 11) is -4.73. The SMILES string of the molecule is CCCCC/C=C\C/C=C\CCCCCCCCCC(=O)OC(COC(=O)CCCCCCCCCCCCC)COP(=O)(O)OCC(CO)OC(=O)CCCCCCCCCCCCC. The second kappa shape index (κ2) is 49.4. The molecule has 3 atom stereocenters. The predicted molar refractivity (Wildman–Crippen MR) is 270 cm³/mol. The van der Waals surface area contributed by atoms with Crippen LogP contribution >= 0.6 is 7.82 Å². The molecule has 0 aromatic carbocycles. The second-order valence-corrected chi connectivity index (χ2v) is 19.9. The minimum atomic E-state index is -4.73. The van der Waals surface area contributed by atoms with E-state index >= 15 is 0 Å². The van der Waals surface area contributed by atoms with E-state index in [4.69, 9.17) is 23.3 Å². The van der Waals surface area contributed by atoms with Gasteiger partial charge in [-0.25, -0.2) is 4.57 Å². The molecule has 0 saturated carbocycles. The third-order valence-electron chi connectivity index (χ3n) is 11.9. The van der Waals surface area contributed by atoms with Gasteiger partial charge in [-0.05, 0) is 51.4 Å². The number of esters is 3. The highest BCUT2D eigenvalue weighted by Gasteiger charge is 2.28. The van der Waals surface area contributed by atoms with Gasteiger partial charge in [-0.2, -0.15) is 0 Å². The van der Waals surface area contributed by atoms with Gasteiger partial charge in [0.15, 0.2) is 6.10 Å². The van der Waals surface area contributed by atoms with Crippen molar-refractivity contribution in [3.8, 4) is 0 Å². The fraction of sp³-hybridized carbons (Fsp3) is 0.870. The van der Waals surface area contributed by atoms with E-state index in [1.807, 2.05) is 0 Å². The molecule has 0 aliphatic carbocycles. The first-order valence-corrected chi connectivity index (χ1v) is 28.7. The van der Waals surface area contributed by atoms with Crippen LogP contribution in [-0.2, 0) is 42.2 Å². The van der Waals surface area contributed by atoms with Crippen molar-refractivity contribution in [3.63, 3.8) is 0 Å². The van der Waals surface area contributed by atoms with E-state index in [0.29, 0.717) is 19.3 Å². The average molecular weight is 957 g/mol. The van der Waals surface area contributed by atoms with Crippen LogP contribution in [-0.4, -0.2) is 66.5 Å². The van der Waals surface area contributed by atoms with E-state index < -0.39 is 57.8 Å². The highest BCUT2D eigenvalue weighted by atomic mass is 31.2. The second-order valence-electron chi connectivity index (χ2n) is 18.4. The Kier molecular flexibility index (Phi) is 47.9. The fourth-order valence-electron chi connectivity index (χ4n) is 7.68. The van der Waals surface area contributed by atoms with Gasteiger partial charge in [0.25, 0.3) is 0 Å². The molecule has 3 unspecified atom stereocenters. The molecule has 388 valence electrons. The summed E-state index contributed by atoms with van der Waals surface area (Å²) in [6, 6.07) is 0. The highest BCUT2D eigenvalue weighted by Crippen LogP contribution is 2.43. The summed E-state index contributed by atoms with van der Waals surface area (Å²) >= 11 is 0. The number of aliphatic hydroxyl groups is 1. The Hall–Kier alpha value is -2.04. The minimum Gasteiger partial charge on any atom is -0.462 e. The molecule has 0 amide bonds. The van der Waals surface area contributed by atoms with Gasteiger partial charge in [-0.15, -0.1) is 0 Å². The molecule has 0 aliphatic rings. The Balaban J connectivity index is 4.70. The number of carbonyl (C=O) groups excluding carboxylic acids is 3. The Morgan fingerprint density at radius 1 is 0.424 bits per heavy atom. The van der Waals surface area contributed by atoms with Gasteiger partial charge in [-0.3, -0.25) is 23.4 Å². The molecule has 0 fully saturated rings. The Bertz CT molecular complexity index is 1210. The van der Waals surface area contributed by atoms with E-state index in [0.717, 1.165) is 77.0 Å². The van der Waals surface area contributed by atoms with Crippen molar-refractivity contribution < 1.29 is 52.2 Å². The summed E-state index contributed by atoms with van der Waals surface area (Å²) in [4.78, 5) is 48.3. The van der Waals surface area contributed by atoms with Crippen molar-refractivity contribution in [1.29, 1.82) is 0 Å². The molecular weight excluding hydrogens is 856 g/mol. The predicted octanol–water partition coefficient (Wildman–Crippen LogP) is 15.5. The van der Waals surface area contributed by atoms with Crippen LogP contribution in [0.2, 0.25) is 0 Å². The summed E-state index contributed by atoms with van der Waals surface area (Å²) < 4.78 is 39.4. The molecular formula is C54H101O11P. The number of unbranched alkanes of at least 4 members (excludes halogenated alkanes) is 30. The molecule has 0 aromatic rings. The highest BCUT2D eigenvalue weighted by molar-refractivity contribution is 7.47. The number of phosphoric ester groups is 1. The number of ether oxygens (including phenoxy) is 3. The summed E-state index contributed by atoms with van der Waals surface area (Å²) in [5.74, 6) is -1.46. The van der Waals surface area contributed by atoms with Gasteiger partial charge >= 0.3 is 25.7 Å². The minimum absolute atomic E-state index is 0.164. The lowest BCUT2D eigenvalue weighted by molar-refractivity contribution is -0.161. The lowest BCUT2D eigenvalue weighted by atomic mass is 10.1. The number of hydrogen-bond acceptors (Lipinski definition) is 10. The van der Waals surface area contributed by atoms with Gasteiger partial charge in [0.1, 0.15) is 12.7 Å². The summed E-state index contributed by atoms with van der Waals surface area (Å²) in [5, 5.41) is 9.77. The van der Waals surface area contributed by atoms with Crippen molar-refractivity contribution in [2.75, 3.05) is 26.4 Å². The smallest absolute Gasteiger partial charge is 0.462 e. The van der Waals surface area contributed by atoms with Gasteiger partial charge in [0.05, 0.1) is 19.8 Å². The topological polar surface area (TPSA) is 155 Å². The fourth-order valence-corrected chi connectivity index (χ4v) is 8.47. The molecule has 0 aliphatic heterocycles. The molecule has 0 heterocycles. The largest absolute Gasteiger partial charge is 0.472 e. The molecule has 0 spiro atoms. The van der Waals surface area contributed by atoms with Crippen LogP contribution in [0.15, 0.2) is 24.3 Å². The van der Waals surface area contributed by atoms with Gasteiger partial charge < -0.3 is 24.2 Å². The first-order valence-electron chi connectivity index (χ1n) is 27.2. The van der Waals surface area contributed by atoms with E-state index in [-0.39, 0.29) is 25.9 Å². The Morgan fingerprint density at radius 2 is 0.742 bits per heavy atom. The first-order chi connectivity index (χ1) is 32.2. The number of rotatable bonds is 51. The van der Waals surface area contributed by atoms with Crippen molar-refractivity contribution in [2.45, 2.75) is 277 Å².